The van der Waals surface area contributed by atoms with Crippen molar-refractivity contribution in [1.82, 2.24) is 20.2 Å². The predicted molar refractivity (Wildman–Crippen MR) is 142 cm³/mol. The van der Waals surface area contributed by atoms with Gasteiger partial charge >= 0.3 is 0 Å². The smallest absolute Gasteiger partial charge is 0.261 e. The highest BCUT2D eigenvalue weighted by Crippen LogP contribution is 2.30. The van der Waals surface area contributed by atoms with E-state index in [4.69, 9.17) is 4.98 Å². The summed E-state index contributed by atoms with van der Waals surface area (Å²) in [5.41, 5.74) is 3.15. The van der Waals surface area contributed by atoms with Gasteiger partial charge in [-0.25, -0.2) is 18.4 Å². The Morgan fingerprint density at radius 2 is 1.50 bits per heavy atom. The Kier molecular flexibility index (Phi) is 6.70. The quantitative estimate of drug-likeness (QED) is 0.222. The van der Waals surface area contributed by atoms with Crippen LogP contribution in [0, 0.1) is 6.92 Å². The Hall–Kier alpha value is -4.15. The van der Waals surface area contributed by atoms with E-state index < -0.39 is 10.0 Å². The lowest BCUT2D eigenvalue weighted by Gasteiger charge is -2.10. The Bertz CT molecular complexity index is 1570. The fourth-order valence-electron chi connectivity index (χ4n) is 3.42. The first-order valence-electron chi connectivity index (χ1n) is 11.0. The van der Waals surface area contributed by atoms with Crippen molar-refractivity contribution in [3.63, 3.8) is 0 Å². The Morgan fingerprint density at radius 3 is 2.17 bits per heavy atom. The van der Waals surface area contributed by atoms with Crippen molar-refractivity contribution in [2.24, 2.45) is 0 Å². The van der Waals surface area contributed by atoms with Gasteiger partial charge in [-0.15, -0.1) is 0 Å². The fourth-order valence-corrected chi connectivity index (χ4v) is 5.27. The zero-order valence-electron chi connectivity index (χ0n) is 19.2. The molecule has 0 spiro atoms. The van der Waals surface area contributed by atoms with E-state index in [0.29, 0.717) is 22.5 Å². The second kappa shape index (κ2) is 10.2. The van der Waals surface area contributed by atoms with E-state index in [2.05, 4.69) is 25.2 Å². The molecule has 180 valence electrons. The van der Waals surface area contributed by atoms with Crippen molar-refractivity contribution in [2.45, 2.75) is 21.9 Å². The summed E-state index contributed by atoms with van der Waals surface area (Å²) in [5, 5.41) is 10.9. The highest BCUT2D eigenvalue weighted by Gasteiger charge is 2.14. The van der Waals surface area contributed by atoms with Gasteiger partial charge in [0.05, 0.1) is 10.6 Å². The number of sulfonamides is 1. The van der Waals surface area contributed by atoms with Gasteiger partial charge in [0.2, 0.25) is 0 Å². The van der Waals surface area contributed by atoms with Gasteiger partial charge in [0.25, 0.3) is 10.0 Å². The van der Waals surface area contributed by atoms with E-state index in [1.165, 1.54) is 11.8 Å². The number of rotatable bonds is 8. The van der Waals surface area contributed by atoms with Crippen molar-refractivity contribution < 1.29 is 8.42 Å². The number of anilines is 3. The zero-order valence-corrected chi connectivity index (χ0v) is 20.8. The summed E-state index contributed by atoms with van der Waals surface area (Å²) < 4.78 is 27.8. The summed E-state index contributed by atoms with van der Waals surface area (Å²) in [6.07, 6.45) is 0. The molecule has 0 atom stereocenters. The molecule has 0 saturated carbocycles. The van der Waals surface area contributed by atoms with Crippen LogP contribution in [0.5, 0.6) is 0 Å². The standard InChI is InChI=1S/C26H22N6O2S2/c1-18-16-25(31-30-18)28-24-17-23(19-8-4-2-5-9-19)27-26(29-24)35-21-14-12-20(13-15-21)32-36(33,34)22-10-6-3-7-11-22/h2-17,32H,1H3,(H2,27,28,29,30,31). The second-order valence-corrected chi connectivity index (χ2v) is 10.6. The molecule has 0 radical (unpaired) electrons. The minimum atomic E-state index is -3.65. The van der Waals surface area contributed by atoms with E-state index in [9.17, 15) is 8.42 Å². The normalized spacial score (nSPS) is 11.2. The van der Waals surface area contributed by atoms with Crippen LogP contribution in [0.1, 0.15) is 5.69 Å². The van der Waals surface area contributed by atoms with Crippen LogP contribution in [0.25, 0.3) is 11.3 Å². The summed E-state index contributed by atoms with van der Waals surface area (Å²) in [5.74, 6) is 1.28. The SMILES string of the molecule is Cc1cc(Nc2cc(-c3ccccc3)nc(Sc3ccc(NS(=O)(=O)c4ccccc4)cc3)n2)n[nH]1. The number of H-pyrrole nitrogens is 1. The van der Waals surface area contributed by atoms with Gasteiger partial charge in [-0.2, -0.15) is 5.10 Å². The van der Waals surface area contributed by atoms with Gasteiger partial charge < -0.3 is 5.32 Å². The minimum Gasteiger partial charge on any atom is -0.323 e. The number of nitrogens with zero attached hydrogens (tertiary/aromatic N) is 3. The maximum absolute atomic E-state index is 12.6. The molecule has 36 heavy (non-hydrogen) atoms. The monoisotopic (exact) mass is 514 g/mol. The first-order chi connectivity index (χ1) is 17.4. The van der Waals surface area contributed by atoms with Crippen molar-refractivity contribution in [1.29, 1.82) is 0 Å². The fraction of sp³-hybridized carbons (Fsp3) is 0.0385. The number of aromatic nitrogens is 4. The molecule has 3 aromatic carbocycles. The van der Waals surface area contributed by atoms with Crippen molar-refractivity contribution >= 4 is 39.1 Å². The first kappa shape index (κ1) is 23.6. The van der Waals surface area contributed by atoms with Gasteiger partial charge in [0, 0.05) is 34.0 Å². The van der Waals surface area contributed by atoms with Crippen molar-refractivity contribution in [3.05, 3.63) is 103 Å². The maximum atomic E-state index is 12.6. The number of hydrogen-bond acceptors (Lipinski definition) is 7. The topological polar surface area (TPSA) is 113 Å². The van der Waals surface area contributed by atoms with Gasteiger partial charge in [-0.05, 0) is 55.1 Å². The summed E-state index contributed by atoms with van der Waals surface area (Å²) >= 11 is 1.38. The molecule has 0 amide bonds. The van der Waals surface area contributed by atoms with Gasteiger partial charge in [-0.1, -0.05) is 48.5 Å². The molecule has 5 aromatic rings. The molecular weight excluding hydrogens is 492 g/mol. The van der Waals surface area contributed by atoms with Crippen LogP contribution in [0.15, 0.2) is 112 Å². The Morgan fingerprint density at radius 1 is 0.806 bits per heavy atom. The molecule has 2 aromatic heterocycles. The Balaban J connectivity index is 1.38. The lowest BCUT2D eigenvalue weighted by Crippen LogP contribution is -2.12. The molecule has 0 bridgehead atoms. The number of benzene rings is 3. The van der Waals surface area contributed by atoms with Gasteiger partial charge in [0.15, 0.2) is 11.0 Å². The van der Waals surface area contributed by atoms with E-state index >= 15 is 0 Å². The van der Waals surface area contributed by atoms with Crippen molar-refractivity contribution in [2.75, 3.05) is 10.0 Å². The van der Waals surface area contributed by atoms with Crippen LogP contribution in [-0.4, -0.2) is 28.6 Å². The lowest BCUT2D eigenvalue weighted by atomic mass is 10.1. The maximum Gasteiger partial charge on any atom is 0.261 e. The van der Waals surface area contributed by atoms with Crippen LogP contribution in [0.2, 0.25) is 0 Å². The Labute approximate surface area is 213 Å². The van der Waals surface area contributed by atoms with Crippen LogP contribution in [-0.2, 0) is 10.0 Å². The summed E-state index contributed by atoms with van der Waals surface area (Å²) in [4.78, 5) is 10.5. The van der Waals surface area contributed by atoms with Gasteiger partial charge in [-0.3, -0.25) is 9.82 Å². The molecule has 0 fully saturated rings. The van der Waals surface area contributed by atoms with Gasteiger partial charge in [0.1, 0.15) is 5.82 Å². The predicted octanol–water partition coefficient (Wildman–Crippen LogP) is 5.87. The molecular formula is C26H22N6O2S2. The molecule has 0 unspecified atom stereocenters. The average Bonchev–Trinajstić information content (AvgIpc) is 3.30. The lowest BCUT2D eigenvalue weighted by molar-refractivity contribution is 0.601. The minimum absolute atomic E-state index is 0.210. The van der Waals surface area contributed by atoms with E-state index in [1.54, 1.807) is 42.5 Å². The van der Waals surface area contributed by atoms with E-state index in [-0.39, 0.29) is 4.90 Å². The molecule has 0 aliphatic heterocycles. The number of hydrogen-bond donors (Lipinski definition) is 3. The number of aromatic amines is 1. The molecule has 8 nitrogen and oxygen atoms in total. The number of nitrogens with one attached hydrogen (secondary N) is 3. The number of aryl methyl sites for hydroxylation is 1. The van der Waals surface area contributed by atoms with Crippen LogP contribution >= 0.6 is 11.8 Å². The van der Waals surface area contributed by atoms with E-state index in [0.717, 1.165) is 21.8 Å². The van der Waals surface area contributed by atoms with Crippen LogP contribution in [0.4, 0.5) is 17.3 Å². The third-order valence-corrected chi connectivity index (χ3v) is 7.38. The average molecular weight is 515 g/mol. The summed E-state index contributed by atoms with van der Waals surface area (Å²) in [6.45, 7) is 1.93. The first-order valence-corrected chi connectivity index (χ1v) is 13.3. The van der Waals surface area contributed by atoms with Crippen molar-refractivity contribution in [3.8, 4) is 11.3 Å². The summed E-state index contributed by atoms with van der Waals surface area (Å²) in [6, 6.07) is 29.0. The molecule has 10 heteroatoms. The zero-order chi connectivity index (χ0) is 25.0. The van der Waals surface area contributed by atoms with Crippen LogP contribution in [0.3, 0.4) is 0 Å². The largest absolute Gasteiger partial charge is 0.323 e. The summed E-state index contributed by atoms with van der Waals surface area (Å²) in [7, 11) is -3.65. The molecule has 3 N–H and O–H groups in total. The highest BCUT2D eigenvalue weighted by atomic mass is 32.2. The molecule has 5 rings (SSSR count). The molecule has 0 aliphatic carbocycles. The highest BCUT2D eigenvalue weighted by molar-refractivity contribution is 7.99. The second-order valence-electron chi connectivity index (χ2n) is 7.89. The third-order valence-electron chi connectivity index (χ3n) is 5.11. The molecule has 0 aliphatic rings. The van der Waals surface area contributed by atoms with Crippen LogP contribution < -0.4 is 10.0 Å². The molecule has 2 heterocycles. The third kappa shape index (κ3) is 5.73. The molecule has 0 saturated heterocycles. The van der Waals surface area contributed by atoms with E-state index in [1.807, 2.05) is 61.5 Å².